The fourth-order valence-electron chi connectivity index (χ4n) is 3.07. The van der Waals surface area contributed by atoms with Crippen molar-refractivity contribution in [2.24, 2.45) is 0 Å². The quantitative estimate of drug-likeness (QED) is 0.252. The van der Waals surface area contributed by atoms with Gasteiger partial charge in [-0.25, -0.2) is 8.42 Å². The first-order valence-electron chi connectivity index (χ1n) is 9.25. The van der Waals surface area contributed by atoms with Crippen LogP contribution in [0.4, 0.5) is 0 Å². The number of hydrogen-bond donors (Lipinski definition) is 0. The van der Waals surface area contributed by atoms with E-state index in [-0.39, 0.29) is 24.0 Å². The molecule has 0 aromatic heterocycles. The van der Waals surface area contributed by atoms with Crippen LogP contribution in [0.2, 0.25) is 0 Å². The second kappa shape index (κ2) is 12.0. The number of halogens is 1. The van der Waals surface area contributed by atoms with E-state index in [1.54, 1.807) is 4.31 Å². The van der Waals surface area contributed by atoms with Gasteiger partial charge >= 0.3 is 0 Å². The van der Waals surface area contributed by atoms with Crippen LogP contribution < -0.4 is 24.0 Å². The minimum Gasteiger partial charge on any atom is -1.00 e. The molecular formula is C17H37IN2O2S. The molecule has 0 aromatic rings. The molecule has 1 aliphatic heterocycles. The van der Waals surface area contributed by atoms with Gasteiger partial charge in [0.15, 0.2) is 0 Å². The van der Waals surface area contributed by atoms with Crippen molar-refractivity contribution in [1.82, 2.24) is 4.31 Å². The van der Waals surface area contributed by atoms with E-state index in [1.165, 1.54) is 38.5 Å². The number of rotatable bonds is 11. The van der Waals surface area contributed by atoms with Gasteiger partial charge in [-0.1, -0.05) is 51.9 Å². The van der Waals surface area contributed by atoms with E-state index in [9.17, 15) is 8.42 Å². The molecule has 1 rings (SSSR count). The maximum Gasteiger partial charge on any atom is 0.214 e. The fraction of sp³-hybridized carbons (Fsp3) is 1.00. The van der Waals surface area contributed by atoms with Crippen LogP contribution in [0, 0.1) is 0 Å². The van der Waals surface area contributed by atoms with Crippen LogP contribution >= 0.6 is 0 Å². The molecule has 0 radical (unpaired) electrons. The van der Waals surface area contributed by atoms with Crippen LogP contribution in [0.3, 0.4) is 0 Å². The molecule has 140 valence electrons. The van der Waals surface area contributed by atoms with Crippen molar-refractivity contribution in [3.8, 4) is 0 Å². The van der Waals surface area contributed by atoms with Gasteiger partial charge in [0.2, 0.25) is 10.0 Å². The monoisotopic (exact) mass is 460 g/mol. The zero-order valence-electron chi connectivity index (χ0n) is 15.4. The fourth-order valence-corrected chi connectivity index (χ4v) is 4.62. The molecular weight excluding hydrogens is 423 g/mol. The summed E-state index contributed by atoms with van der Waals surface area (Å²) in [5, 5.41) is 0. The van der Waals surface area contributed by atoms with Crippen LogP contribution in [0.15, 0.2) is 0 Å². The average Bonchev–Trinajstić information content (AvgIpc) is 2.50. The third-order valence-corrected chi connectivity index (χ3v) is 7.15. The summed E-state index contributed by atoms with van der Waals surface area (Å²) in [4.78, 5) is 0. The van der Waals surface area contributed by atoms with Crippen molar-refractivity contribution in [2.75, 3.05) is 45.5 Å². The number of quaternary nitrogens is 1. The summed E-state index contributed by atoms with van der Waals surface area (Å²) < 4.78 is 27.5. The number of likely N-dealkylation sites (N-methyl/N-ethyl adjacent to an activating group) is 1. The lowest BCUT2D eigenvalue weighted by Crippen LogP contribution is -3.00. The van der Waals surface area contributed by atoms with Gasteiger partial charge in [-0.05, 0) is 13.3 Å². The van der Waals surface area contributed by atoms with Crippen LogP contribution in [-0.2, 0) is 10.0 Å². The number of nitrogens with zero attached hydrogens (tertiary/aromatic N) is 2. The number of hydrogen-bond acceptors (Lipinski definition) is 2. The zero-order chi connectivity index (χ0) is 16.5. The highest BCUT2D eigenvalue weighted by atomic mass is 127. The van der Waals surface area contributed by atoms with Gasteiger partial charge in [0.25, 0.3) is 0 Å². The van der Waals surface area contributed by atoms with Crippen LogP contribution in [0.25, 0.3) is 0 Å². The first-order valence-corrected chi connectivity index (χ1v) is 10.9. The molecule has 1 aliphatic rings. The van der Waals surface area contributed by atoms with Gasteiger partial charge < -0.3 is 28.5 Å². The topological polar surface area (TPSA) is 37.4 Å². The van der Waals surface area contributed by atoms with E-state index in [1.807, 2.05) is 0 Å². The number of unbranched alkanes of at least 4 members (excludes halogenated alkanes) is 7. The predicted octanol–water partition coefficient (Wildman–Crippen LogP) is 0.243. The molecule has 6 heteroatoms. The van der Waals surface area contributed by atoms with Crippen molar-refractivity contribution in [1.29, 1.82) is 0 Å². The summed E-state index contributed by atoms with van der Waals surface area (Å²) in [6.45, 7) is 8.80. The molecule has 0 saturated carbocycles. The highest BCUT2D eigenvalue weighted by molar-refractivity contribution is 7.89. The predicted molar refractivity (Wildman–Crippen MR) is 94.4 cm³/mol. The minimum atomic E-state index is -3.02. The Balaban J connectivity index is 0.00000484. The largest absolute Gasteiger partial charge is 1.00 e. The molecule has 0 amide bonds. The number of piperazine rings is 1. The molecule has 0 N–H and O–H groups in total. The Bertz CT molecular complexity index is 393. The average molecular weight is 460 g/mol. The zero-order valence-corrected chi connectivity index (χ0v) is 18.4. The highest BCUT2D eigenvalue weighted by Crippen LogP contribution is 2.15. The van der Waals surface area contributed by atoms with E-state index in [4.69, 9.17) is 0 Å². The summed E-state index contributed by atoms with van der Waals surface area (Å²) in [5.41, 5.74) is 0. The number of sulfonamides is 1. The van der Waals surface area contributed by atoms with E-state index in [0.717, 1.165) is 37.0 Å². The summed E-state index contributed by atoms with van der Waals surface area (Å²) in [6.07, 6.45) is 9.58. The second-order valence-corrected chi connectivity index (χ2v) is 9.16. The van der Waals surface area contributed by atoms with Gasteiger partial charge in [0.1, 0.15) is 0 Å². The maximum absolute atomic E-state index is 12.4. The lowest BCUT2D eigenvalue weighted by atomic mass is 10.1. The molecule has 0 atom stereocenters. The van der Waals surface area contributed by atoms with Gasteiger partial charge in [-0.15, -0.1) is 0 Å². The molecule has 0 bridgehead atoms. The smallest absolute Gasteiger partial charge is 0.214 e. The molecule has 0 spiro atoms. The van der Waals surface area contributed by atoms with Crippen molar-refractivity contribution in [3.63, 3.8) is 0 Å². The first kappa shape index (κ1) is 23.6. The highest BCUT2D eigenvalue weighted by Gasteiger charge is 2.32. The van der Waals surface area contributed by atoms with Gasteiger partial charge in [0, 0.05) is 0 Å². The standard InChI is InChI=1S/C17H37N2O2S.HI/c1-4-6-7-8-9-10-11-12-17-22(20,21)18-13-15-19(3,5-2)16-14-18;/h4-17H2,1-3H3;1H/q+1;/p-1. The molecule has 23 heavy (non-hydrogen) atoms. The van der Waals surface area contributed by atoms with Crippen LogP contribution in [0.1, 0.15) is 65.2 Å². The Morgan fingerprint density at radius 2 is 1.35 bits per heavy atom. The van der Waals surface area contributed by atoms with Gasteiger partial charge in [-0.3, -0.25) is 0 Å². The molecule has 1 fully saturated rings. The van der Waals surface area contributed by atoms with Crippen LogP contribution in [0.5, 0.6) is 0 Å². The van der Waals surface area contributed by atoms with Crippen molar-refractivity contribution >= 4 is 10.0 Å². The SMILES string of the molecule is CCCCCCCCCCS(=O)(=O)N1CC[N+](C)(CC)CC1.[I-]. The molecule has 4 nitrogen and oxygen atoms in total. The van der Waals surface area contributed by atoms with Crippen molar-refractivity contribution < 1.29 is 36.9 Å². The normalized spacial score (nSPS) is 18.6. The Kier molecular flexibility index (Phi) is 12.3. The molecule has 1 heterocycles. The molecule has 0 unspecified atom stereocenters. The van der Waals surface area contributed by atoms with Crippen molar-refractivity contribution in [2.45, 2.75) is 65.2 Å². The lowest BCUT2D eigenvalue weighted by Gasteiger charge is -2.40. The van der Waals surface area contributed by atoms with Gasteiger partial charge in [0.05, 0.1) is 45.5 Å². The van der Waals surface area contributed by atoms with Crippen molar-refractivity contribution in [3.05, 3.63) is 0 Å². The van der Waals surface area contributed by atoms with Crippen LogP contribution in [-0.4, -0.2) is 62.7 Å². The lowest BCUT2D eigenvalue weighted by molar-refractivity contribution is -0.911. The van der Waals surface area contributed by atoms with Gasteiger partial charge in [-0.2, -0.15) is 4.31 Å². The molecule has 1 saturated heterocycles. The first-order chi connectivity index (χ1) is 10.4. The Morgan fingerprint density at radius 3 is 1.83 bits per heavy atom. The minimum absolute atomic E-state index is 0. The Hall–Kier alpha value is 0.600. The van der Waals surface area contributed by atoms with E-state index < -0.39 is 10.0 Å². The molecule has 0 aromatic carbocycles. The van der Waals surface area contributed by atoms with E-state index in [2.05, 4.69) is 20.9 Å². The Morgan fingerprint density at radius 1 is 0.870 bits per heavy atom. The molecule has 0 aliphatic carbocycles. The summed E-state index contributed by atoms with van der Waals surface area (Å²) in [5.74, 6) is 0.345. The summed E-state index contributed by atoms with van der Waals surface area (Å²) >= 11 is 0. The Labute approximate surface area is 161 Å². The third kappa shape index (κ3) is 9.02. The van der Waals surface area contributed by atoms with E-state index >= 15 is 0 Å². The third-order valence-electron chi connectivity index (χ3n) is 5.19. The van der Waals surface area contributed by atoms with E-state index in [0.29, 0.717) is 18.8 Å². The summed E-state index contributed by atoms with van der Waals surface area (Å²) in [6, 6.07) is 0. The maximum atomic E-state index is 12.4. The second-order valence-electron chi connectivity index (χ2n) is 7.07. The summed E-state index contributed by atoms with van der Waals surface area (Å²) in [7, 11) is -0.795.